The highest BCUT2D eigenvalue weighted by Crippen LogP contribution is 2.12. The van der Waals surface area contributed by atoms with Gasteiger partial charge in [-0.15, -0.1) is 0 Å². The van der Waals surface area contributed by atoms with Crippen molar-refractivity contribution < 1.29 is 34.2 Å². The van der Waals surface area contributed by atoms with Gasteiger partial charge in [-0.05, 0) is 30.5 Å². The quantitative estimate of drug-likeness (QED) is 0.179. The lowest BCUT2D eigenvalue weighted by molar-refractivity contribution is -0.142. The van der Waals surface area contributed by atoms with Crippen molar-refractivity contribution in [3.05, 3.63) is 29.8 Å². The number of primary amides is 2. The lowest BCUT2D eigenvalue weighted by Crippen LogP contribution is -2.55. The molecule has 0 radical (unpaired) electrons. The van der Waals surface area contributed by atoms with Gasteiger partial charge in [-0.25, -0.2) is 4.79 Å². The van der Waals surface area contributed by atoms with Crippen LogP contribution in [0, 0.1) is 0 Å². The lowest BCUT2D eigenvalue weighted by Gasteiger charge is -2.22. The van der Waals surface area contributed by atoms with Crippen LogP contribution in [0.2, 0.25) is 0 Å². The van der Waals surface area contributed by atoms with Crippen molar-refractivity contribution in [2.45, 2.75) is 50.2 Å². The van der Waals surface area contributed by atoms with Gasteiger partial charge in [-0.3, -0.25) is 19.2 Å². The average molecular weight is 437 g/mol. The summed E-state index contributed by atoms with van der Waals surface area (Å²) in [5.74, 6) is -4.30. The SMILES string of the molecule is NC(=O)CCC(N)C(=O)NC(CCC(N)=O)C(=O)NC(Cc1ccc(O)cc1)C(=O)O. The van der Waals surface area contributed by atoms with Gasteiger partial charge in [0.25, 0.3) is 0 Å². The van der Waals surface area contributed by atoms with E-state index >= 15 is 0 Å². The molecule has 3 atom stereocenters. The summed E-state index contributed by atoms with van der Waals surface area (Å²) in [5.41, 5.74) is 16.3. The van der Waals surface area contributed by atoms with Gasteiger partial charge in [0.1, 0.15) is 17.8 Å². The molecule has 170 valence electrons. The molecule has 0 aliphatic rings. The molecule has 0 aromatic heterocycles. The zero-order chi connectivity index (χ0) is 23.6. The number of hydrogen-bond donors (Lipinski definition) is 7. The maximum atomic E-state index is 12.6. The summed E-state index contributed by atoms with van der Waals surface area (Å²) in [6, 6.07) is 2.00. The smallest absolute Gasteiger partial charge is 0.326 e. The molecule has 1 rings (SSSR count). The predicted molar refractivity (Wildman–Crippen MR) is 108 cm³/mol. The second kappa shape index (κ2) is 12.1. The number of carbonyl (C=O) groups is 5. The molecule has 31 heavy (non-hydrogen) atoms. The summed E-state index contributed by atoms with van der Waals surface area (Å²) in [4.78, 5) is 58.4. The molecule has 1 aromatic carbocycles. The number of phenols is 1. The molecule has 4 amide bonds. The standard InChI is InChI=1S/C19H27N5O7/c20-12(5-7-15(21)26)17(28)23-13(6-8-16(22)27)18(29)24-14(19(30)31)9-10-1-3-11(25)4-2-10/h1-4,12-14,25H,5-9,20H2,(H2,21,26)(H2,22,27)(H,23,28)(H,24,29)(H,30,31). The van der Waals surface area contributed by atoms with Gasteiger partial charge in [-0.1, -0.05) is 12.1 Å². The Balaban J connectivity index is 2.86. The van der Waals surface area contributed by atoms with Crippen molar-refractivity contribution in [2.24, 2.45) is 17.2 Å². The number of phenolic OH excluding ortho intramolecular Hbond substituents is 1. The maximum absolute atomic E-state index is 12.6. The number of aromatic hydroxyl groups is 1. The summed E-state index contributed by atoms with van der Waals surface area (Å²) in [5, 5.41) is 23.4. The van der Waals surface area contributed by atoms with E-state index in [-0.39, 0.29) is 37.9 Å². The summed E-state index contributed by atoms with van der Waals surface area (Å²) in [6.45, 7) is 0. The van der Waals surface area contributed by atoms with E-state index in [4.69, 9.17) is 17.2 Å². The molecule has 0 heterocycles. The van der Waals surface area contributed by atoms with Gasteiger partial charge in [0, 0.05) is 19.3 Å². The molecule has 0 spiro atoms. The van der Waals surface area contributed by atoms with Gasteiger partial charge in [0.2, 0.25) is 23.6 Å². The molecule has 0 aliphatic carbocycles. The molecular formula is C19H27N5O7. The van der Waals surface area contributed by atoms with E-state index in [1.54, 1.807) is 0 Å². The van der Waals surface area contributed by atoms with Crippen molar-refractivity contribution in [2.75, 3.05) is 0 Å². The monoisotopic (exact) mass is 437 g/mol. The number of aliphatic carboxylic acids is 1. The minimum Gasteiger partial charge on any atom is -0.508 e. The second-order valence-electron chi connectivity index (χ2n) is 6.95. The van der Waals surface area contributed by atoms with Gasteiger partial charge < -0.3 is 38.0 Å². The fourth-order valence-electron chi connectivity index (χ4n) is 2.60. The maximum Gasteiger partial charge on any atom is 0.326 e. The summed E-state index contributed by atoms with van der Waals surface area (Å²) < 4.78 is 0. The van der Waals surface area contributed by atoms with E-state index in [0.717, 1.165) is 0 Å². The van der Waals surface area contributed by atoms with Crippen molar-refractivity contribution in [1.29, 1.82) is 0 Å². The van der Waals surface area contributed by atoms with E-state index in [0.29, 0.717) is 5.56 Å². The third-order valence-corrected chi connectivity index (χ3v) is 4.34. The summed E-state index contributed by atoms with van der Waals surface area (Å²) in [6.07, 6.45) is -0.702. The van der Waals surface area contributed by atoms with Gasteiger partial charge in [0.15, 0.2) is 0 Å². The number of amides is 4. The highest BCUT2D eigenvalue weighted by atomic mass is 16.4. The highest BCUT2D eigenvalue weighted by molar-refractivity contribution is 5.92. The minimum atomic E-state index is -1.34. The van der Waals surface area contributed by atoms with Gasteiger partial charge in [-0.2, -0.15) is 0 Å². The molecular weight excluding hydrogens is 410 g/mol. The number of carboxylic acids is 1. The van der Waals surface area contributed by atoms with Crippen molar-refractivity contribution in [1.82, 2.24) is 10.6 Å². The van der Waals surface area contributed by atoms with Crippen LogP contribution in [0.4, 0.5) is 0 Å². The fourth-order valence-corrected chi connectivity index (χ4v) is 2.60. The largest absolute Gasteiger partial charge is 0.508 e. The first-order valence-corrected chi connectivity index (χ1v) is 9.43. The summed E-state index contributed by atoms with van der Waals surface area (Å²) in [7, 11) is 0. The second-order valence-corrected chi connectivity index (χ2v) is 6.95. The fraction of sp³-hybridized carbons (Fsp3) is 0.421. The zero-order valence-corrected chi connectivity index (χ0v) is 16.7. The first kappa shape index (κ1) is 25.4. The molecule has 12 nitrogen and oxygen atoms in total. The Morgan fingerprint density at radius 2 is 1.35 bits per heavy atom. The van der Waals surface area contributed by atoms with Crippen LogP contribution in [0.15, 0.2) is 24.3 Å². The highest BCUT2D eigenvalue weighted by Gasteiger charge is 2.28. The first-order chi connectivity index (χ1) is 14.5. The number of nitrogens with two attached hydrogens (primary N) is 3. The first-order valence-electron chi connectivity index (χ1n) is 9.43. The van der Waals surface area contributed by atoms with Crippen LogP contribution in [-0.4, -0.2) is 57.9 Å². The van der Waals surface area contributed by atoms with Crippen molar-refractivity contribution >= 4 is 29.6 Å². The average Bonchev–Trinajstić information content (AvgIpc) is 2.69. The normalized spacial score (nSPS) is 13.5. The van der Waals surface area contributed by atoms with Crippen molar-refractivity contribution in [3.63, 3.8) is 0 Å². The van der Waals surface area contributed by atoms with Crippen LogP contribution in [0.1, 0.15) is 31.2 Å². The van der Waals surface area contributed by atoms with Crippen LogP contribution in [0.5, 0.6) is 5.75 Å². The molecule has 0 saturated heterocycles. The molecule has 0 aliphatic heterocycles. The molecule has 12 heteroatoms. The van der Waals surface area contributed by atoms with E-state index in [1.165, 1.54) is 24.3 Å². The zero-order valence-electron chi connectivity index (χ0n) is 16.7. The number of hydrogen-bond acceptors (Lipinski definition) is 7. The predicted octanol–water partition coefficient (Wildman–Crippen LogP) is -2.15. The molecule has 10 N–H and O–H groups in total. The van der Waals surface area contributed by atoms with E-state index in [1.807, 2.05) is 0 Å². The lowest BCUT2D eigenvalue weighted by atomic mass is 10.0. The van der Waals surface area contributed by atoms with E-state index < -0.39 is 47.7 Å². The number of rotatable bonds is 13. The number of benzene rings is 1. The Morgan fingerprint density at radius 3 is 1.87 bits per heavy atom. The molecule has 1 aromatic rings. The summed E-state index contributed by atoms with van der Waals surface area (Å²) >= 11 is 0. The minimum absolute atomic E-state index is 0.00145. The van der Waals surface area contributed by atoms with Crippen LogP contribution in [0.25, 0.3) is 0 Å². The topological polar surface area (TPSA) is 228 Å². The number of carboxylic acid groups (broad SMARTS) is 1. The van der Waals surface area contributed by atoms with Crippen molar-refractivity contribution in [3.8, 4) is 5.75 Å². The van der Waals surface area contributed by atoms with Crippen LogP contribution in [-0.2, 0) is 30.4 Å². The van der Waals surface area contributed by atoms with E-state index in [9.17, 15) is 34.2 Å². The Bertz CT molecular complexity index is 812. The van der Waals surface area contributed by atoms with E-state index in [2.05, 4.69) is 10.6 Å². The Labute approximate surface area is 178 Å². The van der Waals surface area contributed by atoms with Crippen LogP contribution < -0.4 is 27.8 Å². The Morgan fingerprint density at radius 1 is 0.839 bits per heavy atom. The third kappa shape index (κ3) is 9.58. The molecule has 0 saturated carbocycles. The van der Waals surface area contributed by atoms with Crippen LogP contribution in [0.3, 0.4) is 0 Å². The molecule has 0 bridgehead atoms. The third-order valence-electron chi connectivity index (χ3n) is 4.34. The number of nitrogens with one attached hydrogen (secondary N) is 2. The number of carbonyl (C=O) groups excluding carboxylic acids is 4. The molecule has 3 unspecified atom stereocenters. The van der Waals surface area contributed by atoms with Gasteiger partial charge >= 0.3 is 5.97 Å². The van der Waals surface area contributed by atoms with Crippen LogP contribution >= 0.6 is 0 Å². The Hall–Kier alpha value is -3.67. The van der Waals surface area contributed by atoms with Gasteiger partial charge in [0.05, 0.1) is 6.04 Å². The Kier molecular flexibility index (Phi) is 9.92. The molecule has 0 fully saturated rings.